The minimum atomic E-state index is -0.148. The summed E-state index contributed by atoms with van der Waals surface area (Å²) in [5, 5.41) is 0. The minimum absolute atomic E-state index is 0.0864. The van der Waals surface area contributed by atoms with Crippen molar-refractivity contribution >= 4 is 6.09 Å². The van der Waals surface area contributed by atoms with Gasteiger partial charge >= 0.3 is 6.09 Å². The Kier molecular flexibility index (Phi) is 4.43. The lowest BCUT2D eigenvalue weighted by Crippen LogP contribution is -2.46. The zero-order valence-electron chi connectivity index (χ0n) is 10.2. The first-order valence-electron chi connectivity index (χ1n) is 6.05. The molecule has 3 nitrogen and oxygen atoms in total. The van der Waals surface area contributed by atoms with E-state index < -0.39 is 0 Å². The average Bonchev–Trinajstić information content (AvgIpc) is 2.69. The number of hydrogen-bond acceptors (Lipinski definition) is 2. The van der Waals surface area contributed by atoms with Gasteiger partial charge in [0, 0.05) is 12.1 Å². The van der Waals surface area contributed by atoms with Crippen molar-refractivity contribution in [2.45, 2.75) is 57.9 Å². The lowest BCUT2D eigenvalue weighted by molar-refractivity contribution is 0.0779. The Morgan fingerprint density at radius 3 is 2.73 bits per heavy atom. The molecule has 0 spiro atoms. The monoisotopic (exact) mass is 213 g/mol. The van der Waals surface area contributed by atoms with E-state index in [0.29, 0.717) is 0 Å². The first kappa shape index (κ1) is 12.3. The predicted octanol–water partition coefficient (Wildman–Crippen LogP) is 3.19. The molecular formula is C12H23NO2. The van der Waals surface area contributed by atoms with E-state index in [1.807, 2.05) is 4.90 Å². The Balaban J connectivity index is 2.71. The van der Waals surface area contributed by atoms with E-state index >= 15 is 0 Å². The molecule has 1 fully saturated rings. The molecule has 1 heterocycles. The number of methoxy groups -OCH3 is 1. The molecule has 1 rings (SSSR count). The maximum absolute atomic E-state index is 11.7. The number of nitrogens with zero attached hydrogens (tertiary/aromatic N) is 1. The molecule has 1 saturated heterocycles. The number of amides is 1. The van der Waals surface area contributed by atoms with Crippen LogP contribution >= 0.6 is 0 Å². The highest BCUT2D eigenvalue weighted by molar-refractivity contribution is 5.69. The molecule has 0 N–H and O–H groups in total. The Morgan fingerprint density at radius 1 is 1.47 bits per heavy atom. The number of carbonyl (C=O) groups excluding carboxylic acids is 1. The second-order valence-electron chi connectivity index (χ2n) is 4.41. The molecule has 15 heavy (non-hydrogen) atoms. The molecule has 0 aromatic rings. The van der Waals surface area contributed by atoms with Crippen LogP contribution in [0.15, 0.2) is 0 Å². The summed E-state index contributed by atoms with van der Waals surface area (Å²) >= 11 is 0. The van der Waals surface area contributed by atoms with E-state index in [9.17, 15) is 4.79 Å². The molecule has 1 aliphatic rings. The normalized spacial score (nSPS) is 25.7. The zero-order chi connectivity index (χ0) is 11.3. The van der Waals surface area contributed by atoms with Crippen molar-refractivity contribution in [2.75, 3.05) is 13.7 Å². The lowest BCUT2D eigenvalue weighted by atomic mass is 9.87. The molecule has 0 radical (unpaired) electrons. The second-order valence-corrected chi connectivity index (χ2v) is 4.41. The van der Waals surface area contributed by atoms with Gasteiger partial charge in [-0.15, -0.1) is 0 Å². The highest BCUT2D eigenvalue weighted by atomic mass is 16.5. The Bertz CT molecular complexity index is 218. The highest BCUT2D eigenvalue weighted by Gasteiger charge is 2.41. The van der Waals surface area contributed by atoms with Gasteiger partial charge in [0.2, 0.25) is 0 Å². The average molecular weight is 213 g/mol. The number of carbonyl (C=O) groups is 1. The van der Waals surface area contributed by atoms with Gasteiger partial charge in [0.1, 0.15) is 0 Å². The molecule has 88 valence electrons. The van der Waals surface area contributed by atoms with Gasteiger partial charge in [-0.05, 0) is 25.7 Å². The maximum atomic E-state index is 11.7. The summed E-state index contributed by atoms with van der Waals surface area (Å²) in [5.41, 5.74) is 0.0864. The third-order valence-electron chi connectivity index (χ3n) is 3.65. The topological polar surface area (TPSA) is 29.5 Å². The van der Waals surface area contributed by atoms with Crippen molar-refractivity contribution in [1.82, 2.24) is 4.90 Å². The molecule has 0 aromatic carbocycles. The van der Waals surface area contributed by atoms with Crippen LogP contribution < -0.4 is 0 Å². The lowest BCUT2D eigenvalue weighted by Gasteiger charge is -2.37. The van der Waals surface area contributed by atoms with Crippen LogP contribution in [-0.4, -0.2) is 30.2 Å². The summed E-state index contributed by atoms with van der Waals surface area (Å²) in [6.07, 6.45) is 6.66. The summed E-state index contributed by atoms with van der Waals surface area (Å²) in [7, 11) is 1.47. The van der Waals surface area contributed by atoms with Crippen molar-refractivity contribution < 1.29 is 9.53 Å². The molecular weight excluding hydrogens is 190 g/mol. The van der Waals surface area contributed by atoms with Crippen LogP contribution in [-0.2, 0) is 4.74 Å². The van der Waals surface area contributed by atoms with E-state index in [0.717, 1.165) is 32.2 Å². The van der Waals surface area contributed by atoms with Crippen molar-refractivity contribution in [1.29, 1.82) is 0 Å². The number of unbranched alkanes of at least 4 members (excludes halogenated alkanes) is 1. The smallest absolute Gasteiger partial charge is 0.409 e. The third kappa shape index (κ3) is 2.44. The number of likely N-dealkylation sites (tertiary alicyclic amines) is 1. The summed E-state index contributed by atoms with van der Waals surface area (Å²) in [6.45, 7) is 5.24. The summed E-state index contributed by atoms with van der Waals surface area (Å²) in [5.74, 6) is 0. The van der Waals surface area contributed by atoms with Gasteiger partial charge < -0.3 is 9.64 Å². The standard InChI is InChI=1S/C12H23NO2/c1-4-6-8-12(5-2)9-7-10-13(12)11(14)15-3/h4-10H2,1-3H3. The number of hydrogen-bond donors (Lipinski definition) is 0. The molecule has 0 aromatic heterocycles. The molecule has 1 unspecified atom stereocenters. The summed E-state index contributed by atoms with van der Waals surface area (Å²) in [6, 6.07) is 0. The first-order chi connectivity index (χ1) is 7.20. The third-order valence-corrected chi connectivity index (χ3v) is 3.65. The molecule has 0 bridgehead atoms. The fourth-order valence-corrected chi connectivity index (χ4v) is 2.64. The van der Waals surface area contributed by atoms with Crippen molar-refractivity contribution in [3.8, 4) is 0 Å². The van der Waals surface area contributed by atoms with Crippen LogP contribution in [0.3, 0.4) is 0 Å². The fraction of sp³-hybridized carbons (Fsp3) is 0.917. The van der Waals surface area contributed by atoms with Crippen LogP contribution in [0.5, 0.6) is 0 Å². The number of rotatable bonds is 4. The Hall–Kier alpha value is -0.730. The van der Waals surface area contributed by atoms with E-state index in [-0.39, 0.29) is 11.6 Å². The van der Waals surface area contributed by atoms with E-state index in [1.54, 1.807) is 0 Å². The summed E-state index contributed by atoms with van der Waals surface area (Å²) in [4.78, 5) is 13.6. The highest BCUT2D eigenvalue weighted by Crippen LogP contribution is 2.37. The molecule has 0 aliphatic carbocycles. The van der Waals surface area contributed by atoms with Crippen LogP contribution in [0, 0.1) is 0 Å². The second kappa shape index (κ2) is 5.38. The van der Waals surface area contributed by atoms with Crippen LogP contribution in [0.4, 0.5) is 4.79 Å². The van der Waals surface area contributed by atoms with Crippen molar-refractivity contribution in [2.24, 2.45) is 0 Å². The SMILES string of the molecule is CCCCC1(CC)CCCN1C(=O)OC. The van der Waals surface area contributed by atoms with Crippen molar-refractivity contribution in [3.63, 3.8) is 0 Å². The minimum Gasteiger partial charge on any atom is -0.453 e. The molecule has 1 aliphatic heterocycles. The van der Waals surface area contributed by atoms with Gasteiger partial charge in [-0.2, -0.15) is 0 Å². The largest absolute Gasteiger partial charge is 0.453 e. The summed E-state index contributed by atoms with van der Waals surface area (Å²) < 4.78 is 4.86. The van der Waals surface area contributed by atoms with Crippen molar-refractivity contribution in [3.05, 3.63) is 0 Å². The van der Waals surface area contributed by atoms with E-state index in [2.05, 4.69) is 13.8 Å². The van der Waals surface area contributed by atoms with Gasteiger partial charge in [0.05, 0.1) is 7.11 Å². The molecule has 1 atom stereocenters. The van der Waals surface area contributed by atoms with Crippen LogP contribution in [0.1, 0.15) is 52.4 Å². The van der Waals surface area contributed by atoms with Crippen LogP contribution in [0.2, 0.25) is 0 Å². The van der Waals surface area contributed by atoms with E-state index in [4.69, 9.17) is 4.74 Å². The molecule has 1 amide bonds. The van der Waals surface area contributed by atoms with E-state index in [1.165, 1.54) is 20.0 Å². The van der Waals surface area contributed by atoms with Gasteiger partial charge in [0.25, 0.3) is 0 Å². The Morgan fingerprint density at radius 2 is 2.20 bits per heavy atom. The molecule has 0 saturated carbocycles. The Labute approximate surface area is 92.8 Å². The fourth-order valence-electron chi connectivity index (χ4n) is 2.64. The van der Waals surface area contributed by atoms with Gasteiger partial charge in [0.15, 0.2) is 0 Å². The first-order valence-corrected chi connectivity index (χ1v) is 6.05. The predicted molar refractivity (Wildman–Crippen MR) is 60.9 cm³/mol. The van der Waals surface area contributed by atoms with Gasteiger partial charge in [-0.1, -0.05) is 26.7 Å². The van der Waals surface area contributed by atoms with Crippen LogP contribution in [0.25, 0.3) is 0 Å². The maximum Gasteiger partial charge on any atom is 0.409 e. The van der Waals surface area contributed by atoms with Gasteiger partial charge in [-0.3, -0.25) is 0 Å². The number of ether oxygens (including phenoxy) is 1. The zero-order valence-corrected chi connectivity index (χ0v) is 10.2. The quantitative estimate of drug-likeness (QED) is 0.717. The molecule has 3 heteroatoms. The van der Waals surface area contributed by atoms with Gasteiger partial charge in [-0.25, -0.2) is 4.79 Å².